The lowest BCUT2D eigenvalue weighted by molar-refractivity contribution is -0.123. The molecule has 1 saturated heterocycles. The second kappa shape index (κ2) is 9.65. The number of amides is 3. The highest BCUT2D eigenvalue weighted by Crippen LogP contribution is 2.34. The van der Waals surface area contributed by atoms with Gasteiger partial charge in [-0.05, 0) is 71.4 Å². The third-order valence-electron chi connectivity index (χ3n) is 5.00. The van der Waals surface area contributed by atoms with Crippen molar-refractivity contribution in [1.29, 1.82) is 0 Å². The van der Waals surface area contributed by atoms with Gasteiger partial charge in [-0.25, -0.2) is 5.10 Å². The number of aromatic hydroxyl groups is 1. The van der Waals surface area contributed by atoms with Gasteiger partial charge in [0, 0.05) is 29.8 Å². The predicted octanol–water partition coefficient (Wildman–Crippen LogP) is 3.34. The summed E-state index contributed by atoms with van der Waals surface area (Å²) in [6, 6.07) is 12.2. The lowest BCUT2D eigenvalue weighted by atomic mass is 10.1. The molecule has 0 spiro atoms. The monoisotopic (exact) mass is 464 g/mol. The first-order valence-corrected chi connectivity index (χ1v) is 10.9. The van der Waals surface area contributed by atoms with Crippen molar-refractivity contribution in [3.8, 4) is 17.1 Å². The molecule has 11 heteroatoms. The fourth-order valence-electron chi connectivity index (χ4n) is 3.25. The van der Waals surface area contributed by atoms with Crippen LogP contribution in [0.25, 0.3) is 17.5 Å². The molecular formula is C22H20N6O4S. The molecule has 3 N–H and O–H groups in total. The number of hydrogen-bond donors (Lipinski definition) is 3. The summed E-state index contributed by atoms with van der Waals surface area (Å²) >= 11 is 0.823. The maximum atomic E-state index is 12.6. The van der Waals surface area contributed by atoms with E-state index in [1.807, 2.05) is 0 Å². The van der Waals surface area contributed by atoms with Gasteiger partial charge >= 0.3 is 0 Å². The van der Waals surface area contributed by atoms with E-state index in [4.69, 9.17) is 0 Å². The van der Waals surface area contributed by atoms with Crippen molar-refractivity contribution in [2.45, 2.75) is 19.8 Å². The summed E-state index contributed by atoms with van der Waals surface area (Å²) in [5.41, 5.74) is 2.55. The Kier molecular flexibility index (Phi) is 6.50. The van der Waals surface area contributed by atoms with Crippen molar-refractivity contribution in [3.63, 3.8) is 0 Å². The Balaban J connectivity index is 1.29. The van der Waals surface area contributed by atoms with Crippen LogP contribution in [0.2, 0.25) is 0 Å². The third-order valence-corrected chi connectivity index (χ3v) is 5.91. The van der Waals surface area contributed by atoms with Crippen LogP contribution in [0.4, 0.5) is 10.5 Å². The van der Waals surface area contributed by atoms with Crippen LogP contribution in [-0.4, -0.2) is 54.2 Å². The minimum atomic E-state index is -0.427. The number of nitrogens with one attached hydrogen (secondary N) is 2. The molecule has 2 aromatic carbocycles. The molecule has 1 aromatic heterocycles. The molecule has 0 radical (unpaired) electrons. The molecule has 4 rings (SSSR count). The molecule has 2 heterocycles. The van der Waals surface area contributed by atoms with E-state index in [9.17, 15) is 19.5 Å². The number of hydrogen-bond acceptors (Lipinski definition) is 8. The Morgan fingerprint density at radius 2 is 2.00 bits per heavy atom. The number of phenolic OH excluding ortho intramolecular Hbond substituents is 1. The molecule has 0 unspecified atom stereocenters. The van der Waals surface area contributed by atoms with E-state index in [0.717, 1.165) is 22.2 Å². The molecule has 0 aliphatic carbocycles. The van der Waals surface area contributed by atoms with Gasteiger partial charge < -0.3 is 10.4 Å². The fourth-order valence-corrected chi connectivity index (χ4v) is 4.10. The number of phenols is 1. The number of tetrazole rings is 1. The molecule has 168 valence electrons. The van der Waals surface area contributed by atoms with Crippen molar-refractivity contribution in [2.24, 2.45) is 0 Å². The lowest BCUT2D eigenvalue weighted by Gasteiger charge is -2.12. The van der Waals surface area contributed by atoms with Gasteiger partial charge in [-0.1, -0.05) is 18.2 Å². The fraction of sp³-hybridized carbons (Fsp3) is 0.182. The maximum Gasteiger partial charge on any atom is 0.293 e. The van der Waals surface area contributed by atoms with E-state index in [0.29, 0.717) is 29.1 Å². The number of anilines is 1. The predicted molar refractivity (Wildman–Crippen MR) is 123 cm³/mol. The Morgan fingerprint density at radius 3 is 2.73 bits per heavy atom. The van der Waals surface area contributed by atoms with Crippen LogP contribution < -0.4 is 5.32 Å². The van der Waals surface area contributed by atoms with E-state index >= 15 is 0 Å². The topological polar surface area (TPSA) is 141 Å². The van der Waals surface area contributed by atoms with Gasteiger partial charge in [0.2, 0.25) is 5.91 Å². The van der Waals surface area contributed by atoms with Crippen molar-refractivity contribution in [3.05, 3.63) is 58.5 Å². The van der Waals surface area contributed by atoms with Crippen LogP contribution >= 0.6 is 11.8 Å². The van der Waals surface area contributed by atoms with Gasteiger partial charge in [0.15, 0.2) is 5.82 Å². The number of rotatable bonds is 7. The molecule has 33 heavy (non-hydrogen) atoms. The molecule has 0 bridgehead atoms. The van der Waals surface area contributed by atoms with E-state index in [1.165, 1.54) is 6.08 Å². The summed E-state index contributed by atoms with van der Waals surface area (Å²) in [6.45, 7) is 1.89. The number of benzene rings is 2. The number of carbonyl (C=O) groups is 3. The molecule has 0 saturated carbocycles. The minimum absolute atomic E-state index is 0.0755. The van der Waals surface area contributed by atoms with Crippen LogP contribution in [0.3, 0.4) is 0 Å². The average Bonchev–Trinajstić information content (AvgIpc) is 3.42. The normalized spacial score (nSPS) is 14.8. The summed E-state index contributed by atoms with van der Waals surface area (Å²) in [4.78, 5) is 38.5. The molecule has 1 aliphatic heterocycles. The van der Waals surface area contributed by atoms with Crippen LogP contribution in [0.15, 0.2) is 47.4 Å². The molecule has 3 amide bonds. The summed E-state index contributed by atoms with van der Waals surface area (Å²) < 4.78 is 0. The molecule has 1 fully saturated rings. The zero-order chi connectivity index (χ0) is 23.4. The van der Waals surface area contributed by atoms with Gasteiger partial charge in [-0.3, -0.25) is 19.3 Å². The van der Waals surface area contributed by atoms with Crippen LogP contribution in [0, 0.1) is 6.92 Å². The SMILES string of the molecule is Cc1cccc(/C=C2\SC(=O)N(CCCC(=O)Nc3ccc(-c4nnn[nH]4)cc3)C2=O)c1O. The maximum absolute atomic E-state index is 12.6. The number of H-pyrrole nitrogens is 1. The zero-order valence-corrected chi connectivity index (χ0v) is 18.4. The Hall–Kier alpha value is -3.99. The van der Waals surface area contributed by atoms with Gasteiger partial charge in [0.25, 0.3) is 11.1 Å². The van der Waals surface area contributed by atoms with Gasteiger partial charge in [-0.15, -0.1) is 5.10 Å². The standard InChI is InChI=1S/C22H20N6O4S/c1-13-4-2-5-15(19(13)30)12-17-21(31)28(22(32)33-17)11-3-6-18(29)23-16-9-7-14(8-10-16)20-24-26-27-25-20/h2,4-5,7-10,12,30H,3,6,11H2,1H3,(H,23,29)(H,24,25,26,27)/b17-12-. The number of carbonyl (C=O) groups excluding carboxylic acids is 3. The highest BCUT2D eigenvalue weighted by Gasteiger charge is 2.34. The van der Waals surface area contributed by atoms with Crippen molar-refractivity contribution < 1.29 is 19.5 Å². The van der Waals surface area contributed by atoms with E-state index in [2.05, 4.69) is 25.9 Å². The van der Waals surface area contributed by atoms with Crippen LogP contribution in [-0.2, 0) is 9.59 Å². The van der Waals surface area contributed by atoms with Gasteiger partial charge in [0.05, 0.1) is 4.91 Å². The number of aromatic nitrogens is 4. The van der Waals surface area contributed by atoms with Crippen molar-refractivity contribution >= 4 is 40.6 Å². The van der Waals surface area contributed by atoms with E-state index < -0.39 is 11.1 Å². The summed E-state index contributed by atoms with van der Waals surface area (Å²) in [7, 11) is 0. The lowest BCUT2D eigenvalue weighted by Crippen LogP contribution is -2.29. The molecule has 10 nitrogen and oxygen atoms in total. The summed E-state index contributed by atoms with van der Waals surface area (Å²) in [5, 5.41) is 26.1. The van der Waals surface area contributed by atoms with Crippen LogP contribution in [0.1, 0.15) is 24.0 Å². The average molecular weight is 465 g/mol. The summed E-state index contributed by atoms with van der Waals surface area (Å²) in [6.07, 6.45) is 1.99. The number of thioether (sulfide) groups is 1. The number of imide groups is 1. The number of aryl methyl sites for hydroxylation is 1. The largest absolute Gasteiger partial charge is 0.507 e. The third kappa shape index (κ3) is 5.09. The number of nitrogens with zero attached hydrogens (tertiary/aromatic N) is 4. The molecule has 1 aliphatic rings. The van der Waals surface area contributed by atoms with E-state index in [1.54, 1.807) is 49.4 Å². The smallest absolute Gasteiger partial charge is 0.293 e. The first-order valence-electron chi connectivity index (χ1n) is 10.1. The minimum Gasteiger partial charge on any atom is -0.507 e. The van der Waals surface area contributed by atoms with Crippen LogP contribution in [0.5, 0.6) is 5.75 Å². The van der Waals surface area contributed by atoms with Crippen molar-refractivity contribution in [2.75, 3.05) is 11.9 Å². The first-order chi connectivity index (χ1) is 15.9. The first kappa shape index (κ1) is 22.2. The zero-order valence-electron chi connectivity index (χ0n) is 17.6. The van der Waals surface area contributed by atoms with Gasteiger partial charge in [-0.2, -0.15) is 0 Å². The quantitative estimate of drug-likeness (QED) is 0.452. The molecular weight excluding hydrogens is 444 g/mol. The Morgan fingerprint density at radius 1 is 1.21 bits per heavy atom. The molecule has 0 atom stereocenters. The highest BCUT2D eigenvalue weighted by molar-refractivity contribution is 8.18. The summed E-state index contributed by atoms with van der Waals surface area (Å²) in [5.74, 6) is -0.0525. The van der Waals surface area contributed by atoms with Gasteiger partial charge in [0.1, 0.15) is 5.75 Å². The second-order valence-electron chi connectivity index (χ2n) is 7.33. The Bertz CT molecular complexity index is 1220. The molecule has 3 aromatic rings. The van der Waals surface area contributed by atoms with Crippen molar-refractivity contribution in [1.82, 2.24) is 25.5 Å². The van der Waals surface area contributed by atoms with E-state index in [-0.39, 0.29) is 29.5 Å². The highest BCUT2D eigenvalue weighted by atomic mass is 32.2. The number of para-hydroxylation sites is 1. The number of aromatic amines is 1. The Labute approximate surface area is 193 Å². The second-order valence-corrected chi connectivity index (χ2v) is 8.32.